The largest absolute Gasteiger partial charge is 0.344 e. The Bertz CT molecular complexity index is 648. The Labute approximate surface area is 155 Å². The number of rotatable bonds is 5. The first-order valence-corrected chi connectivity index (χ1v) is 10.0. The molecule has 3 aliphatic rings. The highest BCUT2D eigenvalue weighted by Crippen LogP contribution is 2.58. The van der Waals surface area contributed by atoms with E-state index in [2.05, 4.69) is 10.6 Å². The minimum atomic E-state index is -0.442. The van der Waals surface area contributed by atoms with Crippen molar-refractivity contribution in [3.8, 4) is 0 Å². The van der Waals surface area contributed by atoms with Gasteiger partial charge in [0.15, 0.2) is 0 Å². The second-order valence-electron chi connectivity index (χ2n) is 8.15. The molecule has 2 saturated heterocycles. The molecule has 5 heteroatoms. The van der Waals surface area contributed by atoms with E-state index in [0.29, 0.717) is 6.42 Å². The third-order valence-electron chi connectivity index (χ3n) is 6.42. The van der Waals surface area contributed by atoms with Crippen molar-refractivity contribution in [1.82, 2.24) is 15.5 Å². The van der Waals surface area contributed by atoms with Crippen LogP contribution in [0.4, 0.5) is 0 Å². The summed E-state index contributed by atoms with van der Waals surface area (Å²) in [4.78, 5) is 27.8. The maximum atomic E-state index is 13.0. The van der Waals surface area contributed by atoms with Gasteiger partial charge in [-0.3, -0.25) is 9.59 Å². The van der Waals surface area contributed by atoms with Gasteiger partial charge in [0.25, 0.3) is 0 Å². The molecule has 1 aliphatic carbocycles. The number of benzene rings is 1. The van der Waals surface area contributed by atoms with E-state index in [1.165, 1.54) is 0 Å². The third-order valence-corrected chi connectivity index (χ3v) is 6.42. The first kappa shape index (κ1) is 17.5. The maximum Gasteiger partial charge on any atom is 0.245 e. The van der Waals surface area contributed by atoms with E-state index in [9.17, 15) is 9.59 Å². The number of amides is 2. The minimum absolute atomic E-state index is 0.0831. The fourth-order valence-electron chi connectivity index (χ4n) is 4.68. The normalized spacial score (nSPS) is 25.1. The second-order valence-corrected chi connectivity index (χ2v) is 8.15. The lowest BCUT2D eigenvalue weighted by atomic mass is 9.91. The quantitative estimate of drug-likeness (QED) is 0.846. The summed E-state index contributed by atoms with van der Waals surface area (Å²) in [5.74, 6) is 0.259. The first-order chi connectivity index (χ1) is 12.7. The van der Waals surface area contributed by atoms with Gasteiger partial charge in [0.05, 0.1) is 0 Å². The SMILES string of the molecule is O=C(NC(Cc1ccccc1)C(=O)N1CCCC1)C1CC12CCNCC2. The fraction of sp³-hybridized carbons (Fsp3) is 0.619. The van der Waals surface area contributed by atoms with Gasteiger partial charge in [-0.15, -0.1) is 0 Å². The molecule has 2 aliphatic heterocycles. The van der Waals surface area contributed by atoms with E-state index >= 15 is 0 Å². The standard InChI is InChI=1S/C21H29N3O2/c25-19(17-15-21(17)8-10-22-11-9-21)23-18(14-16-6-2-1-3-7-16)20(26)24-12-4-5-13-24/h1-3,6-7,17-18,22H,4-5,8-15H2,(H,23,25). The topological polar surface area (TPSA) is 61.4 Å². The summed E-state index contributed by atoms with van der Waals surface area (Å²) in [7, 11) is 0. The zero-order chi connectivity index (χ0) is 18.0. The average molecular weight is 355 g/mol. The zero-order valence-corrected chi connectivity index (χ0v) is 15.4. The van der Waals surface area contributed by atoms with Gasteiger partial charge >= 0.3 is 0 Å². The summed E-state index contributed by atoms with van der Waals surface area (Å²) in [6.07, 6.45) is 5.84. The monoisotopic (exact) mass is 355 g/mol. The molecule has 1 aromatic rings. The number of nitrogens with one attached hydrogen (secondary N) is 2. The highest BCUT2D eigenvalue weighted by atomic mass is 16.2. The average Bonchev–Trinajstić information content (AvgIpc) is 3.09. The summed E-state index contributed by atoms with van der Waals surface area (Å²) in [5, 5.41) is 6.50. The lowest BCUT2D eigenvalue weighted by Crippen LogP contribution is -2.50. The first-order valence-electron chi connectivity index (χ1n) is 10.0. The molecule has 5 nitrogen and oxygen atoms in total. The molecule has 4 rings (SSSR count). The molecule has 26 heavy (non-hydrogen) atoms. The maximum absolute atomic E-state index is 13.0. The van der Waals surface area contributed by atoms with Gasteiger partial charge in [0, 0.05) is 25.4 Å². The van der Waals surface area contributed by atoms with Crippen LogP contribution in [0.2, 0.25) is 0 Å². The van der Waals surface area contributed by atoms with Gasteiger partial charge in [-0.1, -0.05) is 30.3 Å². The zero-order valence-electron chi connectivity index (χ0n) is 15.4. The second kappa shape index (κ2) is 7.39. The number of carbonyl (C=O) groups is 2. The molecule has 2 atom stereocenters. The van der Waals surface area contributed by atoms with Gasteiger partial charge in [0.2, 0.25) is 11.8 Å². The smallest absolute Gasteiger partial charge is 0.245 e. The van der Waals surface area contributed by atoms with Crippen LogP contribution in [0.3, 0.4) is 0 Å². The van der Waals surface area contributed by atoms with Crippen molar-refractivity contribution < 1.29 is 9.59 Å². The Kier molecular flexibility index (Phi) is 4.98. The molecule has 0 bridgehead atoms. The number of likely N-dealkylation sites (tertiary alicyclic amines) is 1. The van der Waals surface area contributed by atoms with Crippen molar-refractivity contribution in [2.45, 2.75) is 44.6 Å². The Morgan fingerprint density at radius 2 is 1.85 bits per heavy atom. The Balaban J connectivity index is 1.44. The lowest BCUT2D eigenvalue weighted by Gasteiger charge is -2.26. The lowest BCUT2D eigenvalue weighted by molar-refractivity contribution is -0.136. The van der Waals surface area contributed by atoms with Crippen LogP contribution >= 0.6 is 0 Å². The Morgan fingerprint density at radius 3 is 2.54 bits per heavy atom. The van der Waals surface area contributed by atoms with Crippen LogP contribution in [0, 0.1) is 11.3 Å². The number of carbonyl (C=O) groups excluding carboxylic acids is 2. The van der Waals surface area contributed by atoms with E-state index in [1.807, 2.05) is 35.2 Å². The molecular formula is C21H29N3O2. The predicted molar refractivity (Wildman–Crippen MR) is 101 cm³/mol. The van der Waals surface area contributed by atoms with Crippen LogP contribution in [0.25, 0.3) is 0 Å². The van der Waals surface area contributed by atoms with Crippen LogP contribution in [0.1, 0.15) is 37.7 Å². The van der Waals surface area contributed by atoms with Crippen LogP contribution < -0.4 is 10.6 Å². The van der Waals surface area contributed by atoms with Gasteiger partial charge in [-0.2, -0.15) is 0 Å². The van der Waals surface area contributed by atoms with Crippen molar-refractivity contribution in [3.05, 3.63) is 35.9 Å². The molecule has 0 radical (unpaired) electrons. The summed E-state index contributed by atoms with van der Waals surface area (Å²) >= 11 is 0. The van der Waals surface area contributed by atoms with E-state index in [1.54, 1.807) is 0 Å². The molecule has 2 amide bonds. The summed E-state index contributed by atoms with van der Waals surface area (Å²) in [6.45, 7) is 3.64. The van der Waals surface area contributed by atoms with Crippen LogP contribution in [0.15, 0.2) is 30.3 Å². The van der Waals surface area contributed by atoms with Crippen molar-refractivity contribution >= 4 is 11.8 Å². The number of hydrogen-bond donors (Lipinski definition) is 2. The number of piperidine rings is 1. The molecule has 1 saturated carbocycles. The molecule has 1 aromatic carbocycles. The minimum Gasteiger partial charge on any atom is -0.344 e. The highest BCUT2D eigenvalue weighted by Gasteiger charge is 2.57. The summed E-state index contributed by atoms with van der Waals surface area (Å²) in [5.41, 5.74) is 1.29. The number of nitrogens with zero attached hydrogens (tertiary/aromatic N) is 1. The molecule has 2 N–H and O–H groups in total. The fourth-order valence-corrected chi connectivity index (χ4v) is 4.68. The van der Waals surface area contributed by atoms with Crippen LogP contribution in [0.5, 0.6) is 0 Å². The van der Waals surface area contributed by atoms with Crippen LogP contribution in [-0.4, -0.2) is 48.9 Å². The number of hydrogen-bond acceptors (Lipinski definition) is 3. The van der Waals surface area contributed by atoms with Crippen molar-refractivity contribution in [2.24, 2.45) is 11.3 Å². The van der Waals surface area contributed by atoms with E-state index in [-0.39, 0.29) is 23.1 Å². The van der Waals surface area contributed by atoms with Gasteiger partial charge in [0.1, 0.15) is 6.04 Å². The van der Waals surface area contributed by atoms with Gasteiger partial charge in [-0.05, 0) is 56.2 Å². The summed E-state index contributed by atoms with van der Waals surface area (Å²) < 4.78 is 0. The molecule has 2 heterocycles. The Hall–Kier alpha value is -1.88. The predicted octanol–water partition coefficient (Wildman–Crippen LogP) is 1.73. The van der Waals surface area contributed by atoms with Crippen LogP contribution in [-0.2, 0) is 16.0 Å². The highest BCUT2D eigenvalue weighted by molar-refractivity contribution is 5.90. The summed E-state index contributed by atoms with van der Waals surface area (Å²) in [6, 6.07) is 9.56. The van der Waals surface area contributed by atoms with Crippen molar-refractivity contribution in [1.29, 1.82) is 0 Å². The van der Waals surface area contributed by atoms with Crippen molar-refractivity contribution in [2.75, 3.05) is 26.2 Å². The Morgan fingerprint density at radius 1 is 1.15 bits per heavy atom. The van der Waals surface area contributed by atoms with E-state index < -0.39 is 6.04 Å². The molecule has 0 aromatic heterocycles. The molecule has 1 spiro atoms. The van der Waals surface area contributed by atoms with Gasteiger partial charge in [-0.25, -0.2) is 0 Å². The van der Waals surface area contributed by atoms with Gasteiger partial charge < -0.3 is 15.5 Å². The third kappa shape index (κ3) is 3.63. The molecule has 2 unspecified atom stereocenters. The van der Waals surface area contributed by atoms with E-state index in [0.717, 1.165) is 63.8 Å². The molecule has 140 valence electrons. The van der Waals surface area contributed by atoms with E-state index in [4.69, 9.17) is 0 Å². The molecule has 3 fully saturated rings. The molecular weight excluding hydrogens is 326 g/mol. The van der Waals surface area contributed by atoms with Crippen molar-refractivity contribution in [3.63, 3.8) is 0 Å².